The molecule has 0 spiro atoms. The highest BCUT2D eigenvalue weighted by Crippen LogP contribution is 2.29. The lowest BCUT2D eigenvalue weighted by molar-refractivity contribution is -0.163. The maximum absolute atomic E-state index is 11.9. The van der Waals surface area contributed by atoms with E-state index in [1.54, 1.807) is 6.92 Å². The number of hydrogen-bond donors (Lipinski definition) is 2. The molecular formula is C15H21ClN2O2. The minimum Gasteiger partial charge on any atom is -0.457 e. The molecule has 0 bridgehead atoms. The largest absolute Gasteiger partial charge is 0.457 e. The number of benzene rings is 1. The van der Waals surface area contributed by atoms with Gasteiger partial charge < -0.3 is 15.8 Å². The van der Waals surface area contributed by atoms with Crippen LogP contribution in [-0.2, 0) is 16.0 Å². The molecule has 1 aliphatic heterocycles. The fourth-order valence-corrected chi connectivity index (χ4v) is 2.60. The van der Waals surface area contributed by atoms with Crippen molar-refractivity contribution in [2.75, 3.05) is 13.1 Å². The molecular weight excluding hydrogens is 276 g/mol. The maximum Gasteiger partial charge on any atom is 0.323 e. The smallest absolute Gasteiger partial charge is 0.323 e. The number of carbonyl (C=O) groups excluding carboxylic acids is 1. The van der Waals surface area contributed by atoms with E-state index >= 15 is 0 Å². The van der Waals surface area contributed by atoms with Crippen molar-refractivity contribution in [3.63, 3.8) is 0 Å². The number of ether oxygens (including phenoxy) is 1. The predicted molar refractivity (Wildman–Crippen MR) is 79.7 cm³/mol. The summed E-state index contributed by atoms with van der Waals surface area (Å²) in [5.74, 6) is -0.333. The molecule has 3 N–H and O–H groups in total. The van der Waals surface area contributed by atoms with E-state index in [0.29, 0.717) is 11.4 Å². The van der Waals surface area contributed by atoms with Crippen molar-refractivity contribution >= 4 is 17.6 Å². The van der Waals surface area contributed by atoms with Gasteiger partial charge in [-0.15, -0.1) is 0 Å². The summed E-state index contributed by atoms with van der Waals surface area (Å²) < 4.78 is 5.74. The fraction of sp³-hybridized carbons (Fsp3) is 0.533. The van der Waals surface area contributed by atoms with E-state index < -0.39 is 11.6 Å². The van der Waals surface area contributed by atoms with Crippen LogP contribution in [-0.4, -0.2) is 30.7 Å². The number of esters is 1. The standard InChI is InChI=1S/C15H21ClN2O2/c1-11(17)14(19)20-15(6-8-18-9-7-15)10-12-2-4-13(16)5-3-12/h2-5,11,18H,6-10,17H2,1H3/t11-/m1/s1. The quantitative estimate of drug-likeness (QED) is 0.833. The Morgan fingerprint density at radius 2 is 2.00 bits per heavy atom. The molecule has 5 heteroatoms. The number of rotatable bonds is 4. The van der Waals surface area contributed by atoms with Gasteiger partial charge in [-0.2, -0.15) is 0 Å². The van der Waals surface area contributed by atoms with Crippen LogP contribution >= 0.6 is 11.6 Å². The second-order valence-corrected chi connectivity index (χ2v) is 5.88. The van der Waals surface area contributed by atoms with Crippen LogP contribution in [0.2, 0.25) is 5.02 Å². The van der Waals surface area contributed by atoms with E-state index in [2.05, 4.69) is 5.32 Å². The lowest BCUT2D eigenvalue weighted by atomic mass is 9.85. The molecule has 1 atom stereocenters. The number of piperidine rings is 1. The summed E-state index contributed by atoms with van der Waals surface area (Å²) in [4.78, 5) is 11.9. The molecule has 1 saturated heterocycles. The molecule has 1 aromatic rings. The van der Waals surface area contributed by atoms with Crippen molar-refractivity contribution < 1.29 is 9.53 Å². The first kappa shape index (κ1) is 15.3. The van der Waals surface area contributed by atoms with Crippen molar-refractivity contribution in [1.29, 1.82) is 0 Å². The zero-order valence-corrected chi connectivity index (χ0v) is 12.5. The summed E-state index contributed by atoms with van der Waals surface area (Å²) >= 11 is 5.90. The highest BCUT2D eigenvalue weighted by atomic mass is 35.5. The first-order chi connectivity index (χ1) is 9.51. The van der Waals surface area contributed by atoms with Crippen molar-refractivity contribution in [2.24, 2.45) is 5.73 Å². The Labute approximate surface area is 124 Å². The molecule has 0 aliphatic carbocycles. The molecule has 0 radical (unpaired) electrons. The van der Waals surface area contributed by atoms with Crippen LogP contribution in [0.5, 0.6) is 0 Å². The number of nitrogens with two attached hydrogens (primary N) is 1. The van der Waals surface area contributed by atoms with E-state index in [-0.39, 0.29) is 5.97 Å². The van der Waals surface area contributed by atoms with Gasteiger partial charge in [-0.3, -0.25) is 4.79 Å². The number of hydrogen-bond acceptors (Lipinski definition) is 4. The van der Waals surface area contributed by atoms with Gasteiger partial charge in [0.15, 0.2) is 0 Å². The van der Waals surface area contributed by atoms with Crippen molar-refractivity contribution in [3.8, 4) is 0 Å². The summed E-state index contributed by atoms with van der Waals surface area (Å²) in [6, 6.07) is 7.09. The fourth-order valence-electron chi connectivity index (χ4n) is 2.48. The third-order valence-corrected chi connectivity index (χ3v) is 3.90. The maximum atomic E-state index is 11.9. The lowest BCUT2D eigenvalue weighted by Crippen LogP contribution is -2.49. The van der Waals surface area contributed by atoms with Crippen LogP contribution in [0.25, 0.3) is 0 Å². The number of nitrogens with one attached hydrogen (secondary N) is 1. The van der Waals surface area contributed by atoms with Crippen LogP contribution in [0.15, 0.2) is 24.3 Å². The minimum absolute atomic E-state index is 0.333. The first-order valence-corrected chi connectivity index (χ1v) is 7.32. The van der Waals surface area contributed by atoms with Gasteiger partial charge in [-0.25, -0.2) is 0 Å². The Bertz CT molecular complexity index is 453. The van der Waals surface area contributed by atoms with Gasteiger partial charge in [0.05, 0.1) is 0 Å². The summed E-state index contributed by atoms with van der Waals surface area (Å²) in [5.41, 5.74) is 6.28. The number of halogens is 1. The Morgan fingerprint density at radius 3 is 2.55 bits per heavy atom. The van der Waals surface area contributed by atoms with Gasteiger partial charge in [-0.05, 0) is 37.7 Å². The highest BCUT2D eigenvalue weighted by molar-refractivity contribution is 6.30. The molecule has 4 nitrogen and oxygen atoms in total. The van der Waals surface area contributed by atoms with E-state index in [1.165, 1.54) is 0 Å². The van der Waals surface area contributed by atoms with E-state index in [1.807, 2.05) is 24.3 Å². The van der Waals surface area contributed by atoms with Crippen molar-refractivity contribution in [3.05, 3.63) is 34.9 Å². The second kappa shape index (κ2) is 6.57. The molecule has 1 aliphatic rings. The Morgan fingerprint density at radius 1 is 1.40 bits per heavy atom. The predicted octanol–water partition coefficient (Wildman–Crippen LogP) is 1.90. The SMILES string of the molecule is C[C@@H](N)C(=O)OC1(Cc2ccc(Cl)cc2)CCNCC1. The lowest BCUT2D eigenvalue weighted by Gasteiger charge is -2.37. The molecule has 0 unspecified atom stereocenters. The Balaban J connectivity index is 2.14. The van der Waals surface area contributed by atoms with Crippen LogP contribution < -0.4 is 11.1 Å². The summed E-state index contributed by atoms with van der Waals surface area (Å²) in [7, 11) is 0. The summed E-state index contributed by atoms with van der Waals surface area (Å²) in [6.07, 6.45) is 2.30. The Hall–Kier alpha value is -1.10. The van der Waals surface area contributed by atoms with E-state index in [0.717, 1.165) is 31.5 Å². The van der Waals surface area contributed by atoms with Crippen molar-refractivity contribution in [1.82, 2.24) is 5.32 Å². The molecule has 0 aromatic heterocycles. The van der Waals surface area contributed by atoms with Gasteiger partial charge >= 0.3 is 5.97 Å². The zero-order valence-electron chi connectivity index (χ0n) is 11.7. The second-order valence-electron chi connectivity index (χ2n) is 5.45. The molecule has 0 amide bonds. The summed E-state index contributed by atoms with van der Waals surface area (Å²) in [5, 5.41) is 4.00. The normalized spacial score (nSPS) is 19.4. The van der Waals surface area contributed by atoms with Crippen LogP contribution in [0.4, 0.5) is 0 Å². The summed E-state index contributed by atoms with van der Waals surface area (Å²) in [6.45, 7) is 3.35. The molecule has 1 fully saturated rings. The Kier molecular flexibility index (Phi) is 5.02. The van der Waals surface area contributed by atoms with Gasteiger partial charge in [0.2, 0.25) is 0 Å². The van der Waals surface area contributed by atoms with Crippen molar-refractivity contribution in [2.45, 2.75) is 37.8 Å². The van der Waals surface area contributed by atoms with Gasteiger partial charge in [0.1, 0.15) is 11.6 Å². The molecule has 20 heavy (non-hydrogen) atoms. The van der Waals surface area contributed by atoms with E-state index in [9.17, 15) is 4.79 Å². The molecule has 2 rings (SSSR count). The van der Waals surface area contributed by atoms with Gasteiger partial charge in [-0.1, -0.05) is 23.7 Å². The third-order valence-electron chi connectivity index (χ3n) is 3.64. The van der Waals surface area contributed by atoms with Crippen LogP contribution in [0.3, 0.4) is 0 Å². The molecule has 1 heterocycles. The molecule has 0 saturated carbocycles. The number of carbonyl (C=O) groups is 1. The van der Waals surface area contributed by atoms with Gasteiger partial charge in [0.25, 0.3) is 0 Å². The molecule has 1 aromatic carbocycles. The van der Waals surface area contributed by atoms with Gasteiger partial charge in [0, 0.05) is 24.3 Å². The monoisotopic (exact) mass is 296 g/mol. The third kappa shape index (κ3) is 3.95. The highest BCUT2D eigenvalue weighted by Gasteiger charge is 2.36. The van der Waals surface area contributed by atoms with E-state index in [4.69, 9.17) is 22.1 Å². The average molecular weight is 297 g/mol. The minimum atomic E-state index is -0.591. The average Bonchev–Trinajstić information content (AvgIpc) is 2.42. The molecule has 110 valence electrons. The van der Waals surface area contributed by atoms with Crippen LogP contribution in [0, 0.1) is 0 Å². The zero-order chi connectivity index (χ0) is 14.6. The topological polar surface area (TPSA) is 64.4 Å². The van der Waals surface area contributed by atoms with Crippen LogP contribution in [0.1, 0.15) is 25.3 Å². The first-order valence-electron chi connectivity index (χ1n) is 6.94.